The van der Waals surface area contributed by atoms with Gasteiger partial charge in [0.15, 0.2) is 0 Å². The van der Waals surface area contributed by atoms with Crippen molar-refractivity contribution in [1.82, 2.24) is 9.78 Å². The van der Waals surface area contributed by atoms with E-state index >= 15 is 0 Å². The molecule has 0 amide bonds. The van der Waals surface area contributed by atoms with Gasteiger partial charge in [-0.1, -0.05) is 0 Å². The average molecular weight is 183 g/mol. The van der Waals surface area contributed by atoms with E-state index in [4.69, 9.17) is 10.8 Å². The van der Waals surface area contributed by atoms with Gasteiger partial charge in [0.25, 0.3) is 0 Å². The van der Waals surface area contributed by atoms with Crippen molar-refractivity contribution in [3.63, 3.8) is 0 Å². The SMILES string of the molecule is CC(C)n1nc(CC(=O)O)cc1N. The summed E-state index contributed by atoms with van der Waals surface area (Å²) in [5, 5.41) is 12.6. The number of aliphatic carboxylic acids is 1. The van der Waals surface area contributed by atoms with E-state index in [9.17, 15) is 4.79 Å². The van der Waals surface area contributed by atoms with Gasteiger partial charge in [0.1, 0.15) is 5.82 Å². The first-order valence-corrected chi connectivity index (χ1v) is 4.06. The van der Waals surface area contributed by atoms with Crippen molar-refractivity contribution in [1.29, 1.82) is 0 Å². The molecule has 1 heterocycles. The molecule has 0 fully saturated rings. The van der Waals surface area contributed by atoms with Gasteiger partial charge in [-0.3, -0.25) is 4.79 Å². The van der Waals surface area contributed by atoms with Crippen LogP contribution < -0.4 is 5.73 Å². The summed E-state index contributed by atoms with van der Waals surface area (Å²) in [5.41, 5.74) is 6.12. The molecule has 5 heteroatoms. The van der Waals surface area contributed by atoms with Crippen LogP contribution in [0.25, 0.3) is 0 Å². The maximum Gasteiger partial charge on any atom is 0.309 e. The first kappa shape index (κ1) is 9.57. The van der Waals surface area contributed by atoms with Crippen LogP contribution in [0.1, 0.15) is 25.6 Å². The summed E-state index contributed by atoms with van der Waals surface area (Å²) < 4.78 is 1.61. The minimum absolute atomic E-state index is 0.0794. The Hall–Kier alpha value is -1.52. The number of aromatic nitrogens is 2. The molecule has 0 aliphatic carbocycles. The number of hydrogen-bond acceptors (Lipinski definition) is 3. The number of hydrogen-bond donors (Lipinski definition) is 2. The van der Waals surface area contributed by atoms with E-state index in [1.165, 1.54) is 0 Å². The topological polar surface area (TPSA) is 81.1 Å². The van der Waals surface area contributed by atoms with E-state index in [0.717, 1.165) is 0 Å². The number of nitrogens with zero attached hydrogens (tertiary/aromatic N) is 2. The number of nitrogen functional groups attached to an aromatic ring is 1. The number of carbonyl (C=O) groups is 1. The second kappa shape index (κ2) is 3.47. The Bertz CT molecular complexity index is 317. The highest BCUT2D eigenvalue weighted by molar-refractivity contribution is 5.69. The molecule has 5 nitrogen and oxygen atoms in total. The maximum atomic E-state index is 10.4. The van der Waals surface area contributed by atoms with Crippen molar-refractivity contribution < 1.29 is 9.90 Å². The molecular formula is C8H13N3O2. The van der Waals surface area contributed by atoms with Crippen LogP contribution >= 0.6 is 0 Å². The van der Waals surface area contributed by atoms with E-state index in [1.54, 1.807) is 10.7 Å². The molecule has 0 aliphatic rings. The molecule has 1 aromatic rings. The lowest BCUT2D eigenvalue weighted by Crippen LogP contribution is -2.07. The van der Waals surface area contributed by atoms with Crippen LogP contribution in [-0.2, 0) is 11.2 Å². The van der Waals surface area contributed by atoms with Gasteiger partial charge in [0.05, 0.1) is 12.1 Å². The zero-order chi connectivity index (χ0) is 10.0. The molecule has 0 atom stereocenters. The van der Waals surface area contributed by atoms with Gasteiger partial charge in [-0.15, -0.1) is 0 Å². The van der Waals surface area contributed by atoms with E-state index < -0.39 is 5.97 Å². The van der Waals surface area contributed by atoms with E-state index in [2.05, 4.69) is 5.10 Å². The number of carboxylic acid groups (broad SMARTS) is 1. The summed E-state index contributed by atoms with van der Waals surface area (Å²) in [7, 11) is 0. The molecule has 3 N–H and O–H groups in total. The molecule has 0 spiro atoms. The zero-order valence-electron chi connectivity index (χ0n) is 7.69. The number of nitrogens with two attached hydrogens (primary N) is 1. The lowest BCUT2D eigenvalue weighted by Gasteiger charge is -2.06. The quantitative estimate of drug-likeness (QED) is 0.721. The Morgan fingerprint density at radius 1 is 1.77 bits per heavy atom. The molecule has 0 bridgehead atoms. The lowest BCUT2D eigenvalue weighted by molar-refractivity contribution is -0.136. The maximum absolute atomic E-state index is 10.4. The van der Waals surface area contributed by atoms with E-state index in [1.807, 2.05) is 13.8 Å². The highest BCUT2D eigenvalue weighted by Crippen LogP contribution is 2.12. The Morgan fingerprint density at radius 3 is 2.77 bits per heavy atom. The Morgan fingerprint density at radius 2 is 2.38 bits per heavy atom. The molecule has 0 saturated carbocycles. The Labute approximate surface area is 76.2 Å². The number of rotatable bonds is 3. The summed E-state index contributed by atoms with van der Waals surface area (Å²) >= 11 is 0. The van der Waals surface area contributed by atoms with Crippen LogP contribution in [0.5, 0.6) is 0 Å². The smallest absolute Gasteiger partial charge is 0.309 e. The van der Waals surface area contributed by atoms with Crippen molar-refractivity contribution >= 4 is 11.8 Å². The monoisotopic (exact) mass is 183 g/mol. The van der Waals surface area contributed by atoms with Crippen LogP contribution in [0.2, 0.25) is 0 Å². The van der Waals surface area contributed by atoms with Gasteiger partial charge in [-0.2, -0.15) is 5.10 Å². The second-order valence-corrected chi connectivity index (χ2v) is 3.17. The van der Waals surface area contributed by atoms with Gasteiger partial charge in [-0.25, -0.2) is 4.68 Å². The molecule has 0 saturated heterocycles. The Balaban J connectivity index is 2.88. The normalized spacial score (nSPS) is 10.7. The van der Waals surface area contributed by atoms with Crippen molar-refractivity contribution in [2.24, 2.45) is 0 Å². The average Bonchev–Trinajstić information content (AvgIpc) is 2.29. The van der Waals surface area contributed by atoms with Crippen LogP contribution in [0.4, 0.5) is 5.82 Å². The van der Waals surface area contributed by atoms with Crippen molar-refractivity contribution in [3.8, 4) is 0 Å². The van der Waals surface area contributed by atoms with Crippen molar-refractivity contribution in [2.75, 3.05) is 5.73 Å². The zero-order valence-corrected chi connectivity index (χ0v) is 7.69. The number of anilines is 1. The second-order valence-electron chi connectivity index (χ2n) is 3.17. The van der Waals surface area contributed by atoms with Crippen molar-refractivity contribution in [2.45, 2.75) is 26.3 Å². The number of carboxylic acids is 1. The van der Waals surface area contributed by atoms with Crippen LogP contribution in [0.15, 0.2) is 6.07 Å². The fourth-order valence-corrected chi connectivity index (χ4v) is 1.12. The van der Waals surface area contributed by atoms with Gasteiger partial charge in [0, 0.05) is 12.1 Å². The first-order valence-electron chi connectivity index (χ1n) is 4.06. The van der Waals surface area contributed by atoms with Crippen LogP contribution in [0.3, 0.4) is 0 Å². The van der Waals surface area contributed by atoms with Gasteiger partial charge < -0.3 is 10.8 Å². The largest absolute Gasteiger partial charge is 0.481 e. The van der Waals surface area contributed by atoms with E-state index in [0.29, 0.717) is 11.5 Å². The summed E-state index contributed by atoms with van der Waals surface area (Å²) in [6, 6.07) is 1.75. The highest BCUT2D eigenvalue weighted by atomic mass is 16.4. The summed E-state index contributed by atoms with van der Waals surface area (Å²) in [5.74, 6) is -0.389. The predicted octanol–water partition coefficient (Wildman–Crippen LogP) is 0.673. The molecule has 0 aliphatic heterocycles. The summed E-state index contributed by atoms with van der Waals surface area (Å²) in [6.45, 7) is 3.88. The third kappa shape index (κ3) is 2.21. The fourth-order valence-electron chi connectivity index (χ4n) is 1.12. The standard InChI is InChI=1S/C8H13N3O2/c1-5(2)11-7(9)3-6(10-11)4-8(12)13/h3,5H,4,9H2,1-2H3,(H,12,13). The van der Waals surface area contributed by atoms with Crippen LogP contribution in [-0.4, -0.2) is 20.9 Å². The summed E-state index contributed by atoms with van der Waals surface area (Å²) in [6.07, 6.45) is -0.0794. The van der Waals surface area contributed by atoms with Gasteiger partial charge in [-0.05, 0) is 13.8 Å². The van der Waals surface area contributed by atoms with Gasteiger partial charge >= 0.3 is 5.97 Å². The Kier molecular flexibility index (Phi) is 2.55. The molecule has 1 rings (SSSR count). The lowest BCUT2D eigenvalue weighted by atomic mass is 10.3. The molecule has 72 valence electrons. The molecule has 0 radical (unpaired) electrons. The van der Waals surface area contributed by atoms with Crippen LogP contribution in [0, 0.1) is 0 Å². The molecule has 13 heavy (non-hydrogen) atoms. The van der Waals surface area contributed by atoms with Crippen molar-refractivity contribution in [3.05, 3.63) is 11.8 Å². The molecule has 0 aromatic carbocycles. The minimum Gasteiger partial charge on any atom is -0.481 e. The minimum atomic E-state index is -0.895. The molecule has 1 aromatic heterocycles. The summed E-state index contributed by atoms with van der Waals surface area (Å²) in [4.78, 5) is 10.4. The van der Waals surface area contributed by atoms with E-state index in [-0.39, 0.29) is 12.5 Å². The fraction of sp³-hybridized carbons (Fsp3) is 0.500. The first-order chi connectivity index (χ1) is 6.00. The van der Waals surface area contributed by atoms with Gasteiger partial charge in [0.2, 0.25) is 0 Å². The third-order valence-corrected chi connectivity index (χ3v) is 1.64. The third-order valence-electron chi connectivity index (χ3n) is 1.64. The highest BCUT2D eigenvalue weighted by Gasteiger charge is 2.09. The molecule has 0 unspecified atom stereocenters. The molecular weight excluding hydrogens is 170 g/mol. The predicted molar refractivity (Wildman–Crippen MR) is 48.4 cm³/mol.